The Labute approximate surface area is 256 Å². The molecular weight excluding hydrogens is 614 g/mol. The van der Waals surface area contributed by atoms with Gasteiger partial charge in [-0.2, -0.15) is 0 Å². The van der Waals surface area contributed by atoms with E-state index in [1.54, 1.807) is 30.3 Å². The molecule has 2 amide bonds. The van der Waals surface area contributed by atoms with Crippen molar-refractivity contribution in [3.8, 4) is 0 Å². The number of amides is 2. The normalized spacial score (nSPS) is 11.9. The van der Waals surface area contributed by atoms with Crippen molar-refractivity contribution < 1.29 is 18.0 Å². The van der Waals surface area contributed by atoms with Gasteiger partial charge in [-0.15, -0.1) is 0 Å². The molecule has 0 spiro atoms. The van der Waals surface area contributed by atoms with Crippen LogP contribution in [0.1, 0.15) is 23.6 Å². The summed E-state index contributed by atoms with van der Waals surface area (Å²) in [5, 5.41) is 2.70. The van der Waals surface area contributed by atoms with Crippen molar-refractivity contribution in [2.75, 3.05) is 17.9 Å². The zero-order valence-electron chi connectivity index (χ0n) is 23.6. The van der Waals surface area contributed by atoms with Crippen molar-refractivity contribution in [2.24, 2.45) is 0 Å². The average molecular weight is 649 g/mol. The minimum Gasteiger partial charge on any atom is -0.357 e. The fourth-order valence-corrected chi connectivity index (χ4v) is 6.58. The fraction of sp³-hybridized carbons (Fsp3) is 0.212. The minimum atomic E-state index is -4.11. The van der Waals surface area contributed by atoms with Gasteiger partial charge in [0.15, 0.2) is 0 Å². The molecule has 7 nitrogen and oxygen atoms in total. The SMILES string of the molecule is CCc1ccc(N(CC(=O)N(Cc2cccc(Br)c2)[C@@H](Cc2ccccc2)C(=O)NC)S(=O)(=O)c2ccccc2)cc1. The molecule has 4 aromatic rings. The predicted molar refractivity (Wildman–Crippen MR) is 169 cm³/mol. The topological polar surface area (TPSA) is 86.8 Å². The third kappa shape index (κ3) is 7.66. The molecule has 0 unspecified atom stereocenters. The predicted octanol–water partition coefficient (Wildman–Crippen LogP) is 5.59. The zero-order valence-corrected chi connectivity index (χ0v) is 26.0. The van der Waals surface area contributed by atoms with Gasteiger partial charge >= 0.3 is 0 Å². The monoisotopic (exact) mass is 647 g/mol. The first-order valence-corrected chi connectivity index (χ1v) is 15.9. The Kier molecular flexibility index (Phi) is 10.5. The summed E-state index contributed by atoms with van der Waals surface area (Å²) in [7, 11) is -2.58. The lowest BCUT2D eigenvalue weighted by Gasteiger charge is -2.33. The number of likely N-dealkylation sites (N-methyl/N-ethyl adjacent to an activating group) is 1. The standard InChI is InChI=1S/C33H34BrN3O4S/c1-3-25-17-19-29(20-18-25)37(42(40,41)30-15-8-5-9-16-30)24-32(38)36(23-27-13-10-14-28(34)21-27)31(33(39)35-2)22-26-11-6-4-7-12-26/h4-21,31H,3,22-24H2,1-2H3,(H,35,39)/t31-/m0/s1. The summed E-state index contributed by atoms with van der Waals surface area (Å²) in [6.45, 7) is 1.64. The average Bonchev–Trinajstić information content (AvgIpc) is 3.02. The van der Waals surface area contributed by atoms with Crippen molar-refractivity contribution in [3.63, 3.8) is 0 Å². The van der Waals surface area contributed by atoms with E-state index < -0.39 is 28.5 Å². The first-order chi connectivity index (χ1) is 20.2. The molecule has 4 rings (SSSR count). The van der Waals surface area contributed by atoms with Gasteiger partial charge in [0.1, 0.15) is 12.6 Å². The summed E-state index contributed by atoms with van der Waals surface area (Å²) in [6.07, 6.45) is 1.05. The van der Waals surface area contributed by atoms with Gasteiger partial charge in [0.25, 0.3) is 10.0 Å². The van der Waals surface area contributed by atoms with Crippen LogP contribution >= 0.6 is 15.9 Å². The number of sulfonamides is 1. The van der Waals surface area contributed by atoms with Crippen LogP contribution in [0.4, 0.5) is 5.69 Å². The molecule has 0 bridgehead atoms. The molecule has 0 aliphatic carbocycles. The quantitative estimate of drug-likeness (QED) is 0.217. The minimum absolute atomic E-state index is 0.0723. The summed E-state index contributed by atoms with van der Waals surface area (Å²) in [5.74, 6) is -0.842. The first-order valence-electron chi connectivity index (χ1n) is 13.7. The van der Waals surface area contributed by atoms with Gasteiger partial charge < -0.3 is 10.2 Å². The number of halogens is 1. The number of anilines is 1. The largest absolute Gasteiger partial charge is 0.357 e. The molecule has 9 heteroatoms. The van der Waals surface area contributed by atoms with Crippen molar-refractivity contribution in [2.45, 2.75) is 37.2 Å². The summed E-state index contributed by atoms with van der Waals surface area (Å²) in [5.41, 5.74) is 3.08. The van der Waals surface area contributed by atoms with E-state index in [1.807, 2.05) is 73.7 Å². The van der Waals surface area contributed by atoms with Crippen LogP contribution in [-0.4, -0.2) is 44.8 Å². The Bertz CT molecular complexity index is 1600. The van der Waals surface area contributed by atoms with Crippen LogP contribution in [0.15, 0.2) is 119 Å². The molecule has 0 saturated carbocycles. The third-order valence-electron chi connectivity index (χ3n) is 7.00. The summed E-state index contributed by atoms with van der Waals surface area (Å²) in [4.78, 5) is 29.2. The molecule has 0 heterocycles. The Balaban J connectivity index is 1.78. The maximum atomic E-state index is 14.3. The summed E-state index contributed by atoms with van der Waals surface area (Å²) < 4.78 is 29.9. The van der Waals surface area contributed by atoms with Gasteiger partial charge in [-0.3, -0.25) is 13.9 Å². The zero-order chi connectivity index (χ0) is 30.1. The highest BCUT2D eigenvalue weighted by Crippen LogP contribution is 2.26. The van der Waals surface area contributed by atoms with Crippen molar-refractivity contribution >= 4 is 43.5 Å². The number of carbonyl (C=O) groups is 2. The molecule has 1 atom stereocenters. The van der Waals surface area contributed by atoms with E-state index in [9.17, 15) is 18.0 Å². The summed E-state index contributed by atoms with van der Waals surface area (Å²) in [6, 6.07) is 31.2. The molecule has 0 radical (unpaired) electrons. The molecule has 0 aromatic heterocycles. The van der Waals surface area contributed by atoms with E-state index in [-0.39, 0.29) is 23.8 Å². The fourth-order valence-electron chi connectivity index (χ4n) is 4.70. The molecule has 218 valence electrons. The van der Waals surface area contributed by atoms with Crippen LogP contribution < -0.4 is 9.62 Å². The highest BCUT2D eigenvalue weighted by atomic mass is 79.9. The van der Waals surface area contributed by atoms with Crippen molar-refractivity contribution in [1.82, 2.24) is 10.2 Å². The van der Waals surface area contributed by atoms with Gasteiger partial charge in [0, 0.05) is 24.5 Å². The maximum absolute atomic E-state index is 14.3. The van der Waals surface area contributed by atoms with E-state index in [0.29, 0.717) is 5.69 Å². The molecule has 0 fully saturated rings. The maximum Gasteiger partial charge on any atom is 0.264 e. The van der Waals surface area contributed by atoms with E-state index >= 15 is 0 Å². The van der Waals surface area contributed by atoms with Crippen molar-refractivity contribution in [3.05, 3.63) is 130 Å². The van der Waals surface area contributed by atoms with Crippen LogP contribution in [0.5, 0.6) is 0 Å². The van der Waals surface area contributed by atoms with Gasteiger partial charge in [-0.25, -0.2) is 8.42 Å². The molecule has 0 saturated heterocycles. The van der Waals surface area contributed by atoms with Gasteiger partial charge in [0.2, 0.25) is 11.8 Å². The second-order valence-electron chi connectivity index (χ2n) is 9.82. The lowest BCUT2D eigenvalue weighted by molar-refractivity contribution is -0.139. The van der Waals surface area contributed by atoms with Crippen LogP contribution in [0.25, 0.3) is 0 Å². The Morgan fingerprint density at radius 3 is 2.02 bits per heavy atom. The van der Waals surface area contributed by atoms with Gasteiger partial charge in [-0.05, 0) is 59.5 Å². The van der Waals surface area contributed by atoms with Crippen LogP contribution in [0, 0.1) is 0 Å². The first kappa shape index (κ1) is 31.0. The number of carbonyl (C=O) groups excluding carboxylic acids is 2. The number of aryl methyl sites for hydroxylation is 1. The molecule has 4 aromatic carbocycles. The number of nitrogens with one attached hydrogen (secondary N) is 1. The van der Waals surface area contributed by atoms with Crippen LogP contribution in [-0.2, 0) is 39.0 Å². The molecule has 0 aliphatic rings. The number of nitrogens with zero attached hydrogens (tertiary/aromatic N) is 2. The Hall–Kier alpha value is -3.95. The Morgan fingerprint density at radius 1 is 0.810 bits per heavy atom. The van der Waals surface area contributed by atoms with Crippen molar-refractivity contribution in [1.29, 1.82) is 0 Å². The van der Waals surface area contributed by atoms with E-state index in [2.05, 4.69) is 21.2 Å². The van der Waals surface area contributed by atoms with Crippen LogP contribution in [0.3, 0.4) is 0 Å². The van der Waals surface area contributed by atoms with Gasteiger partial charge in [0.05, 0.1) is 10.6 Å². The molecule has 0 aliphatic heterocycles. The molecule has 42 heavy (non-hydrogen) atoms. The lowest BCUT2D eigenvalue weighted by atomic mass is 10.0. The van der Waals surface area contributed by atoms with Gasteiger partial charge in [-0.1, -0.05) is 95.7 Å². The Morgan fingerprint density at radius 2 is 1.43 bits per heavy atom. The van der Waals surface area contributed by atoms with E-state index in [0.717, 1.165) is 31.9 Å². The molecular formula is C33H34BrN3O4S. The highest BCUT2D eigenvalue weighted by Gasteiger charge is 2.34. The second kappa shape index (κ2) is 14.3. The smallest absolute Gasteiger partial charge is 0.264 e. The number of rotatable bonds is 12. The third-order valence-corrected chi connectivity index (χ3v) is 9.28. The second-order valence-corrected chi connectivity index (χ2v) is 12.6. The number of hydrogen-bond donors (Lipinski definition) is 1. The summed E-state index contributed by atoms with van der Waals surface area (Å²) >= 11 is 3.49. The molecule has 1 N–H and O–H groups in total. The van der Waals surface area contributed by atoms with E-state index in [1.165, 1.54) is 24.1 Å². The highest BCUT2D eigenvalue weighted by molar-refractivity contribution is 9.10. The number of benzene rings is 4. The van der Waals surface area contributed by atoms with Crippen LogP contribution in [0.2, 0.25) is 0 Å². The van der Waals surface area contributed by atoms with E-state index in [4.69, 9.17) is 0 Å². The number of hydrogen-bond acceptors (Lipinski definition) is 4. The lowest BCUT2D eigenvalue weighted by Crippen LogP contribution is -2.53.